The topological polar surface area (TPSA) is 88.5 Å². The van der Waals surface area contributed by atoms with Crippen LogP contribution in [0.3, 0.4) is 0 Å². The lowest BCUT2D eigenvalue weighted by Gasteiger charge is -2.40. The fraction of sp³-hybridized carbons (Fsp3) is 0.393. The lowest BCUT2D eigenvalue weighted by molar-refractivity contribution is -0.132. The molecule has 38 heavy (non-hydrogen) atoms. The normalized spacial score (nSPS) is 22.9. The van der Waals surface area contributed by atoms with Gasteiger partial charge in [-0.25, -0.2) is 18.6 Å². The molecule has 0 bridgehead atoms. The number of nitrogens with one attached hydrogen (secondary N) is 2. The number of carbonyl (C=O) groups is 2. The van der Waals surface area contributed by atoms with Crippen molar-refractivity contribution in [3.8, 4) is 6.07 Å². The molecular weight excluding hydrogens is 512 g/mol. The summed E-state index contributed by atoms with van der Waals surface area (Å²) in [5.74, 6) is -1.51. The number of nitriles is 1. The van der Waals surface area contributed by atoms with Gasteiger partial charge in [-0.05, 0) is 49.8 Å². The SMILES string of the molecule is CCC1=CC(c2ccc(F)cc2F)N(N(C=O)CCNC2CCC(C#N)(c3ccccc3)CC2)C(=O)N1.Cl. The van der Waals surface area contributed by atoms with E-state index in [0.29, 0.717) is 25.1 Å². The van der Waals surface area contributed by atoms with E-state index in [1.165, 1.54) is 16.1 Å². The second-order valence-corrected chi connectivity index (χ2v) is 9.49. The summed E-state index contributed by atoms with van der Waals surface area (Å²) in [4.78, 5) is 25.0. The quantitative estimate of drug-likeness (QED) is 0.430. The maximum absolute atomic E-state index is 14.7. The number of carbonyl (C=O) groups excluding carboxylic acids is 2. The van der Waals surface area contributed by atoms with Crippen molar-refractivity contribution < 1.29 is 18.4 Å². The van der Waals surface area contributed by atoms with Crippen molar-refractivity contribution in [1.29, 1.82) is 5.26 Å². The van der Waals surface area contributed by atoms with Gasteiger partial charge in [0.15, 0.2) is 0 Å². The molecule has 0 radical (unpaired) electrons. The molecule has 1 atom stereocenters. The minimum absolute atomic E-state index is 0. The van der Waals surface area contributed by atoms with Crippen molar-refractivity contribution in [2.45, 2.75) is 56.5 Å². The van der Waals surface area contributed by atoms with Crippen LogP contribution in [-0.2, 0) is 10.2 Å². The Morgan fingerprint density at radius 2 is 1.92 bits per heavy atom. The van der Waals surface area contributed by atoms with Crippen LogP contribution in [0.15, 0.2) is 60.3 Å². The van der Waals surface area contributed by atoms with E-state index in [1.54, 1.807) is 6.08 Å². The third kappa shape index (κ3) is 6.14. The molecule has 4 rings (SSSR count). The van der Waals surface area contributed by atoms with Crippen molar-refractivity contribution in [3.05, 3.63) is 83.1 Å². The third-order valence-corrected chi connectivity index (χ3v) is 7.31. The number of hydrogen-bond donors (Lipinski definition) is 2. The number of rotatable bonds is 9. The van der Waals surface area contributed by atoms with Crippen molar-refractivity contribution >= 4 is 24.8 Å². The van der Waals surface area contributed by atoms with Gasteiger partial charge in [0.2, 0.25) is 6.41 Å². The molecule has 0 spiro atoms. The molecule has 1 aliphatic heterocycles. The average molecular weight is 544 g/mol. The van der Waals surface area contributed by atoms with Gasteiger partial charge >= 0.3 is 6.03 Å². The van der Waals surface area contributed by atoms with Gasteiger partial charge in [0.1, 0.15) is 17.7 Å². The molecule has 0 saturated heterocycles. The first-order valence-electron chi connectivity index (χ1n) is 12.6. The number of benzene rings is 2. The van der Waals surface area contributed by atoms with E-state index < -0.39 is 29.1 Å². The van der Waals surface area contributed by atoms with Crippen molar-refractivity contribution in [1.82, 2.24) is 20.7 Å². The Morgan fingerprint density at radius 1 is 1.21 bits per heavy atom. The predicted molar refractivity (Wildman–Crippen MR) is 142 cm³/mol. The van der Waals surface area contributed by atoms with Gasteiger partial charge < -0.3 is 10.6 Å². The zero-order valence-corrected chi connectivity index (χ0v) is 22.0. The van der Waals surface area contributed by atoms with Crippen LogP contribution in [0.25, 0.3) is 0 Å². The molecule has 7 nitrogen and oxygen atoms in total. The Bertz CT molecular complexity index is 1200. The summed E-state index contributed by atoms with van der Waals surface area (Å²) in [6, 6.07) is 14.3. The largest absolute Gasteiger partial charge is 0.341 e. The number of allylic oxidation sites excluding steroid dienone is 1. The summed E-state index contributed by atoms with van der Waals surface area (Å²) in [6.45, 7) is 2.43. The van der Waals surface area contributed by atoms with Crippen LogP contribution in [0.5, 0.6) is 0 Å². The van der Waals surface area contributed by atoms with E-state index in [0.717, 1.165) is 43.4 Å². The van der Waals surface area contributed by atoms with Gasteiger partial charge in [-0.15, -0.1) is 12.4 Å². The smallest absolute Gasteiger partial charge is 0.312 e. The van der Waals surface area contributed by atoms with E-state index in [2.05, 4.69) is 16.7 Å². The molecule has 1 saturated carbocycles. The minimum atomic E-state index is -0.897. The summed E-state index contributed by atoms with van der Waals surface area (Å²) >= 11 is 0. The van der Waals surface area contributed by atoms with Crippen LogP contribution >= 0.6 is 12.4 Å². The minimum Gasteiger partial charge on any atom is -0.312 e. The molecule has 2 aromatic carbocycles. The first-order chi connectivity index (χ1) is 17.9. The summed E-state index contributed by atoms with van der Waals surface area (Å²) in [5, 5.41) is 18.5. The van der Waals surface area contributed by atoms with Gasteiger partial charge in [0.05, 0.1) is 18.0 Å². The van der Waals surface area contributed by atoms with Crippen LogP contribution in [0.4, 0.5) is 13.6 Å². The molecule has 10 heteroatoms. The number of amides is 3. The molecule has 1 heterocycles. The van der Waals surface area contributed by atoms with Gasteiger partial charge in [-0.2, -0.15) is 5.26 Å². The molecule has 1 unspecified atom stereocenters. The standard InChI is InChI=1S/C28H31F2N5O2.ClH/c1-2-22-17-26(24-9-8-21(29)16-25(24)30)35(27(37)33-22)34(19-36)15-14-32-23-10-12-28(18-31,13-11-23)20-6-4-3-5-7-20;/h3-9,16-17,19,23,26,32H,2,10-15H2,1H3,(H,33,37);1H. The maximum Gasteiger partial charge on any atom is 0.341 e. The van der Waals surface area contributed by atoms with E-state index in [9.17, 15) is 23.6 Å². The molecular formula is C28H32ClF2N5O2. The Kier molecular flexibility index (Phi) is 9.84. The average Bonchev–Trinajstić information content (AvgIpc) is 2.92. The summed E-state index contributed by atoms with van der Waals surface area (Å²) < 4.78 is 28.2. The molecule has 1 aliphatic carbocycles. The second kappa shape index (κ2) is 12.9. The highest BCUT2D eigenvalue weighted by Gasteiger charge is 2.37. The van der Waals surface area contributed by atoms with Gasteiger partial charge in [0.25, 0.3) is 0 Å². The Labute approximate surface area is 227 Å². The Balaban J connectivity index is 0.00000400. The van der Waals surface area contributed by atoms with E-state index >= 15 is 0 Å². The molecule has 2 N–H and O–H groups in total. The molecule has 2 aromatic rings. The van der Waals surface area contributed by atoms with Gasteiger partial charge in [0, 0.05) is 29.9 Å². The lowest BCUT2D eigenvalue weighted by Crippen LogP contribution is -2.55. The van der Waals surface area contributed by atoms with E-state index in [4.69, 9.17) is 0 Å². The van der Waals surface area contributed by atoms with Crippen LogP contribution in [0.2, 0.25) is 0 Å². The number of hydrogen-bond acceptors (Lipinski definition) is 4. The van der Waals surface area contributed by atoms with E-state index in [1.807, 2.05) is 37.3 Å². The lowest BCUT2D eigenvalue weighted by atomic mass is 9.69. The Hall–Kier alpha value is -3.48. The first kappa shape index (κ1) is 29.1. The number of halogens is 3. The Morgan fingerprint density at radius 3 is 2.53 bits per heavy atom. The number of urea groups is 1. The summed E-state index contributed by atoms with van der Waals surface area (Å²) in [5.41, 5.74) is 1.25. The monoisotopic (exact) mass is 543 g/mol. The molecule has 0 aromatic heterocycles. The molecule has 202 valence electrons. The highest BCUT2D eigenvalue weighted by atomic mass is 35.5. The fourth-order valence-electron chi connectivity index (χ4n) is 5.20. The third-order valence-electron chi connectivity index (χ3n) is 7.31. The highest BCUT2D eigenvalue weighted by molar-refractivity contribution is 5.85. The van der Waals surface area contributed by atoms with Crippen molar-refractivity contribution in [2.75, 3.05) is 13.1 Å². The second-order valence-electron chi connectivity index (χ2n) is 9.49. The van der Waals surface area contributed by atoms with Crippen molar-refractivity contribution in [2.24, 2.45) is 0 Å². The highest BCUT2D eigenvalue weighted by Crippen LogP contribution is 2.39. The first-order valence-corrected chi connectivity index (χ1v) is 12.6. The number of nitrogens with zero attached hydrogens (tertiary/aromatic N) is 3. The van der Waals surface area contributed by atoms with Crippen LogP contribution < -0.4 is 10.6 Å². The summed E-state index contributed by atoms with van der Waals surface area (Å²) in [7, 11) is 0. The fourth-order valence-corrected chi connectivity index (χ4v) is 5.20. The summed E-state index contributed by atoms with van der Waals surface area (Å²) in [6.07, 6.45) is 5.79. The van der Waals surface area contributed by atoms with Gasteiger partial charge in [-0.3, -0.25) is 9.80 Å². The zero-order chi connectivity index (χ0) is 26.4. The zero-order valence-electron chi connectivity index (χ0n) is 21.2. The van der Waals surface area contributed by atoms with Crippen LogP contribution in [-0.4, -0.2) is 41.6 Å². The van der Waals surface area contributed by atoms with Gasteiger partial charge in [-0.1, -0.05) is 43.3 Å². The van der Waals surface area contributed by atoms with E-state index in [-0.39, 0.29) is 30.6 Å². The molecule has 3 amide bonds. The predicted octanol–water partition coefficient (Wildman–Crippen LogP) is 5.11. The molecule has 2 aliphatic rings. The van der Waals surface area contributed by atoms with Crippen LogP contribution in [0, 0.1) is 23.0 Å². The van der Waals surface area contributed by atoms with Crippen molar-refractivity contribution in [3.63, 3.8) is 0 Å². The molecule has 1 fully saturated rings. The maximum atomic E-state index is 14.7. The number of hydrazine groups is 1. The van der Waals surface area contributed by atoms with Crippen LogP contribution in [0.1, 0.15) is 56.2 Å².